The predicted octanol–water partition coefficient (Wildman–Crippen LogP) is 0.699. The normalized spacial score (nSPS) is 22.7. The van der Waals surface area contributed by atoms with Gasteiger partial charge >= 0.3 is 6.03 Å². The molecule has 1 spiro atoms. The zero-order valence-corrected chi connectivity index (χ0v) is 14.5. The van der Waals surface area contributed by atoms with Gasteiger partial charge in [0.05, 0.1) is 0 Å². The van der Waals surface area contributed by atoms with Crippen LogP contribution < -0.4 is 16.0 Å². The molecule has 8 heteroatoms. The maximum absolute atomic E-state index is 12.6. The van der Waals surface area contributed by atoms with E-state index in [4.69, 9.17) is 0 Å². The Morgan fingerprint density at radius 3 is 2.67 bits per heavy atom. The number of nitrogens with one attached hydrogen (secondary N) is 3. The van der Waals surface area contributed by atoms with Gasteiger partial charge in [-0.25, -0.2) is 4.79 Å². The summed E-state index contributed by atoms with van der Waals surface area (Å²) in [7, 11) is 0. The van der Waals surface area contributed by atoms with Crippen molar-refractivity contribution < 1.29 is 14.4 Å². The number of urea groups is 1. The standard InChI is InChI=1S/C16H24N4O3.ClH/c21-13(18-10-12-4-8-17-9-5-12)11-20-14(22)16(19-15(20)23)6-2-1-3-7-16;/h4,17H,1-3,5-11H2,(H,18,21)(H,19,23);1H. The number of carbonyl (C=O) groups is 3. The molecule has 1 aliphatic carbocycles. The van der Waals surface area contributed by atoms with Crippen LogP contribution in [0, 0.1) is 0 Å². The van der Waals surface area contributed by atoms with Crippen LogP contribution in [0.25, 0.3) is 0 Å². The van der Waals surface area contributed by atoms with Gasteiger partial charge in [0.1, 0.15) is 12.1 Å². The average molecular weight is 357 g/mol. The lowest BCUT2D eigenvalue weighted by molar-refractivity contribution is -0.135. The van der Waals surface area contributed by atoms with Gasteiger partial charge < -0.3 is 16.0 Å². The molecule has 0 aromatic rings. The van der Waals surface area contributed by atoms with E-state index in [1.165, 1.54) is 5.57 Å². The summed E-state index contributed by atoms with van der Waals surface area (Å²) in [5, 5.41) is 8.83. The van der Waals surface area contributed by atoms with Gasteiger partial charge in [0, 0.05) is 13.1 Å². The van der Waals surface area contributed by atoms with Crippen LogP contribution in [0.1, 0.15) is 38.5 Å². The predicted molar refractivity (Wildman–Crippen MR) is 91.9 cm³/mol. The molecule has 1 saturated heterocycles. The molecule has 24 heavy (non-hydrogen) atoms. The molecule has 134 valence electrons. The molecule has 0 aromatic carbocycles. The molecule has 0 aromatic heterocycles. The van der Waals surface area contributed by atoms with Crippen LogP contribution in [0.3, 0.4) is 0 Å². The third kappa shape index (κ3) is 3.89. The van der Waals surface area contributed by atoms with E-state index in [0.717, 1.165) is 43.7 Å². The summed E-state index contributed by atoms with van der Waals surface area (Å²) in [6, 6.07) is -0.437. The number of carbonyl (C=O) groups excluding carboxylic acids is 3. The van der Waals surface area contributed by atoms with Crippen molar-refractivity contribution in [1.82, 2.24) is 20.9 Å². The van der Waals surface area contributed by atoms with E-state index in [0.29, 0.717) is 19.4 Å². The molecule has 7 nitrogen and oxygen atoms in total. The lowest BCUT2D eigenvalue weighted by Gasteiger charge is -2.30. The monoisotopic (exact) mass is 356 g/mol. The van der Waals surface area contributed by atoms with Crippen LogP contribution in [0.4, 0.5) is 4.79 Å². The Bertz CT molecular complexity index is 543. The van der Waals surface area contributed by atoms with Gasteiger partial charge in [-0.2, -0.15) is 0 Å². The Hall–Kier alpha value is -1.60. The second-order valence-corrected chi connectivity index (χ2v) is 6.56. The molecule has 0 bridgehead atoms. The average Bonchev–Trinajstić information content (AvgIpc) is 2.79. The van der Waals surface area contributed by atoms with E-state index in [2.05, 4.69) is 22.0 Å². The molecule has 2 aliphatic heterocycles. The van der Waals surface area contributed by atoms with Crippen molar-refractivity contribution in [2.45, 2.75) is 44.1 Å². The number of imide groups is 1. The Morgan fingerprint density at radius 2 is 2.00 bits per heavy atom. The van der Waals surface area contributed by atoms with E-state index in [9.17, 15) is 14.4 Å². The summed E-state index contributed by atoms with van der Waals surface area (Å²) < 4.78 is 0. The number of rotatable bonds is 4. The zero-order chi connectivity index (χ0) is 16.3. The molecule has 0 atom stereocenters. The van der Waals surface area contributed by atoms with Gasteiger partial charge in [0.15, 0.2) is 0 Å². The third-order valence-electron chi connectivity index (χ3n) is 4.93. The molecule has 3 aliphatic rings. The molecule has 3 rings (SSSR count). The SMILES string of the molecule is Cl.O=C(CN1C(=O)NC2(CCCCC2)C1=O)NCC1=CCNCC1. The molecular weight excluding hydrogens is 332 g/mol. The summed E-state index contributed by atoms with van der Waals surface area (Å²) in [4.78, 5) is 37.8. The molecule has 0 radical (unpaired) electrons. The minimum Gasteiger partial charge on any atom is -0.351 e. The van der Waals surface area contributed by atoms with E-state index >= 15 is 0 Å². The smallest absolute Gasteiger partial charge is 0.325 e. The van der Waals surface area contributed by atoms with Crippen molar-refractivity contribution in [2.75, 3.05) is 26.2 Å². The molecule has 2 fully saturated rings. The number of halogens is 1. The summed E-state index contributed by atoms with van der Waals surface area (Å²) in [6.07, 6.45) is 7.30. The number of amides is 4. The van der Waals surface area contributed by atoms with E-state index in [-0.39, 0.29) is 30.8 Å². The Morgan fingerprint density at radius 1 is 1.25 bits per heavy atom. The Kier molecular flexibility index (Phi) is 6.23. The lowest BCUT2D eigenvalue weighted by atomic mass is 9.82. The van der Waals surface area contributed by atoms with Crippen LogP contribution in [0.5, 0.6) is 0 Å². The second kappa shape index (κ2) is 7.98. The van der Waals surface area contributed by atoms with Crippen molar-refractivity contribution in [1.29, 1.82) is 0 Å². The highest BCUT2D eigenvalue weighted by Crippen LogP contribution is 2.33. The van der Waals surface area contributed by atoms with Crippen molar-refractivity contribution in [3.05, 3.63) is 11.6 Å². The van der Waals surface area contributed by atoms with Crippen LogP contribution in [-0.2, 0) is 9.59 Å². The van der Waals surface area contributed by atoms with E-state index < -0.39 is 11.6 Å². The van der Waals surface area contributed by atoms with Crippen LogP contribution in [-0.4, -0.2) is 54.5 Å². The number of nitrogens with zero attached hydrogens (tertiary/aromatic N) is 1. The molecule has 3 N–H and O–H groups in total. The first-order chi connectivity index (χ1) is 11.1. The fourth-order valence-corrected chi connectivity index (χ4v) is 3.56. The van der Waals surface area contributed by atoms with E-state index in [1.807, 2.05) is 0 Å². The van der Waals surface area contributed by atoms with Crippen LogP contribution >= 0.6 is 12.4 Å². The molecular formula is C16H25ClN4O3. The van der Waals surface area contributed by atoms with Gasteiger partial charge in [-0.1, -0.05) is 30.9 Å². The van der Waals surface area contributed by atoms with Gasteiger partial charge in [0.2, 0.25) is 5.91 Å². The van der Waals surface area contributed by atoms with Gasteiger partial charge in [-0.15, -0.1) is 12.4 Å². The van der Waals surface area contributed by atoms with Gasteiger partial charge in [-0.05, 0) is 25.8 Å². The minimum atomic E-state index is -0.757. The summed E-state index contributed by atoms with van der Waals surface area (Å²) in [6.45, 7) is 2.02. The maximum Gasteiger partial charge on any atom is 0.325 e. The van der Waals surface area contributed by atoms with Crippen LogP contribution in [0.15, 0.2) is 11.6 Å². The highest BCUT2D eigenvalue weighted by Gasteiger charge is 2.51. The Labute approximate surface area is 148 Å². The van der Waals surface area contributed by atoms with E-state index in [1.54, 1.807) is 0 Å². The Balaban J connectivity index is 0.00000208. The van der Waals surface area contributed by atoms with Crippen molar-refractivity contribution >= 4 is 30.3 Å². The summed E-state index contributed by atoms with van der Waals surface area (Å²) >= 11 is 0. The fourth-order valence-electron chi connectivity index (χ4n) is 3.56. The summed E-state index contributed by atoms with van der Waals surface area (Å²) in [5.41, 5.74) is 0.422. The molecule has 2 heterocycles. The largest absolute Gasteiger partial charge is 0.351 e. The molecule has 0 unspecified atom stereocenters. The summed E-state index contributed by atoms with van der Waals surface area (Å²) in [5.74, 6) is -0.528. The minimum absolute atomic E-state index is 0. The van der Waals surface area contributed by atoms with Gasteiger partial charge in [0.25, 0.3) is 5.91 Å². The highest BCUT2D eigenvalue weighted by atomic mass is 35.5. The topological polar surface area (TPSA) is 90.5 Å². The number of hydrogen-bond donors (Lipinski definition) is 3. The lowest BCUT2D eigenvalue weighted by Crippen LogP contribution is -2.49. The third-order valence-corrected chi connectivity index (χ3v) is 4.93. The second-order valence-electron chi connectivity index (χ2n) is 6.56. The first kappa shape index (κ1) is 18.7. The van der Waals surface area contributed by atoms with Crippen molar-refractivity contribution in [2.24, 2.45) is 0 Å². The highest BCUT2D eigenvalue weighted by molar-refractivity contribution is 6.09. The fraction of sp³-hybridized carbons (Fsp3) is 0.688. The molecule has 1 saturated carbocycles. The quantitative estimate of drug-likeness (QED) is 0.511. The van der Waals surface area contributed by atoms with Gasteiger partial charge in [-0.3, -0.25) is 14.5 Å². The van der Waals surface area contributed by atoms with Crippen molar-refractivity contribution in [3.63, 3.8) is 0 Å². The van der Waals surface area contributed by atoms with Crippen LogP contribution in [0.2, 0.25) is 0 Å². The first-order valence-corrected chi connectivity index (χ1v) is 8.40. The maximum atomic E-state index is 12.6. The van der Waals surface area contributed by atoms with Crippen molar-refractivity contribution in [3.8, 4) is 0 Å². The first-order valence-electron chi connectivity index (χ1n) is 8.40. The zero-order valence-electron chi connectivity index (χ0n) is 13.7. The number of hydrogen-bond acceptors (Lipinski definition) is 4. The molecule has 4 amide bonds.